The Labute approximate surface area is 166 Å². The van der Waals surface area contributed by atoms with Crippen LogP contribution < -0.4 is 15.0 Å². The minimum Gasteiger partial charge on any atom is -0.497 e. The van der Waals surface area contributed by atoms with Crippen LogP contribution in [0.4, 0.5) is 5.69 Å². The number of benzene rings is 2. The van der Waals surface area contributed by atoms with Crippen LogP contribution in [0.25, 0.3) is 0 Å². The lowest BCUT2D eigenvalue weighted by Gasteiger charge is -2.34. The van der Waals surface area contributed by atoms with Gasteiger partial charge in [-0.3, -0.25) is 4.79 Å². The SMILES string of the molecule is COc1ccc(NC(=O)[C@@H](C)[NH+]2CCN(S(=O)(=O)c3ccccc3)CC2)cc1. The first-order valence-corrected chi connectivity index (χ1v) is 10.7. The molecular formula is C20H26N3O4S+. The average Bonchev–Trinajstić information content (AvgIpc) is 2.74. The highest BCUT2D eigenvalue weighted by Gasteiger charge is 2.34. The Balaban J connectivity index is 1.57. The van der Waals surface area contributed by atoms with Gasteiger partial charge < -0.3 is 15.0 Å². The number of carbonyl (C=O) groups is 1. The number of amides is 1. The second-order valence-corrected chi connectivity index (χ2v) is 8.75. The number of rotatable bonds is 6. The van der Waals surface area contributed by atoms with Crippen LogP contribution >= 0.6 is 0 Å². The molecule has 7 nitrogen and oxygen atoms in total. The van der Waals surface area contributed by atoms with Crippen LogP contribution in [0.2, 0.25) is 0 Å². The van der Waals surface area contributed by atoms with E-state index < -0.39 is 10.0 Å². The summed E-state index contributed by atoms with van der Waals surface area (Å²) in [6.45, 7) is 3.83. The molecule has 150 valence electrons. The van der Waals surface area contributed by atoms with Gasteiger partial charge in [-0.1, -0.05) is 18.2 Å². The van der Waals surface area contributed by atoms with E-state index >= 15 is 0 Å². The first-order valence-electron chi connectivity index (χ1n) is 9.26. The van der Waals surface area contributed by atoms with Gasteiger partial charge >= 0.3 is 0 Å². The summed E-state index contributed by atoms with van der Waals surface area (Å²) in [6, 6.07) is 15.4. The average molecular weight is 405 g/mol. The molecule has 28 heavy (non-hydrogen) atoms. The van der Waals surface area contributed by atoms with Crippen LogP contribution in [0.15, 0.2) is 59.5 Å². The Morgan fingerprint density at radius 3 is 2.25 bits per heavy atom. The standard InChI is InChI=1S/C20H25N3O4S/c1-16(20(24)21-17-8-10-18(27-2)11-9-17)22-12-14-23(15-13-22)28(25,26)19-6-4-3-5-7-19/h3-11,16H,12-15H2,1-2H3,(H,21,24)/p+1/t16-/m1/s1. The van der Waals surface area contributed by atoms with E-state index in [9.17, 15) is 13.2 Å². The lowest BCUT2D eigenvalue weighted by molar-refractivity contribution is -0.917. The molecule has 1 atom stereocenters. The molecule has 0 radical (unpaired) electrons. The summed E-state index contributed by atoms with van der Waals surface area (Å²) in [5, 5.41) is 2.91. The van der Waals surface area contributed by atoms with E-state index in [1.165, 1.54) is 4.31 Å². The minimum atomic E-state index is -3.48. The molecule has 0 unspecified atom stereocenters. The topological polar surface area (TPSA) is 80.2 Å². The van der Waals surface area contributed by atoms with Gasteiger partial charge in [0, 0.05) is 5.69 Å². The van der Waals surface area contributed by atoms with Crippen molar-refractivity contribution in [3.8, 4) is 5.75 Å². The molecule has 1 fully saturated rings. The van der Waals surface area contributed by atoms with Gasteiger partial charge in [0.1, 0.15) is 5.75 Å². The predicted molar refractivity (Wildman–Crippen MR) is 107 cm³/mol. The summed E-state index contributed by atoms with van der Waals surface area (Å²) in [7, 11) is -1.89. The van der Waals surface area contributed by atoms with Crippen molar-refractivity contribution >= 4 is 21.6 Å². The number of piperazine rings is 1. The Morgan fingerprint density at radius 1 is 1.07 bits per heavy atom. The molecule has 1 heterocycles. The number of carbonyl (C=O) groups excluding carboxylic acids is 1. The summed E-state index contributed by atoms with van der Waals surface area (Å²) in [5.74, 6) is 0.645. The molecule has 8 heteroatoms. The maximum absolute atomic E-state index is 12.7. The summed E-state index contributed by atoms with van der Waals surface area (Å²) in [6.07, 6.45) is 0. The molecule has 1 saturated heterocycles. The summed E-state index contributed by atoms with van der Waals surface area (Å²) in [5.41, 5.74) is 0.711. The number of methoxy groups -OCH3 is 1. The molecule has 1 aliphatic heterocycles. The smallest absolute Gasteiger partial charge is 0.282 e. The van der Waals surface area contributed by atoms with Crippen molar-refractivity contribution in [1.29, 1.82) is 0 Å². The lowest BCUT2D eigenvalue weighted by Crippen LogP contribution is -3.19. The van der Waals surface area contributed by atoms with E-state index in [2.05, 4.69) is 5.32 Å². The van der Waals surface area contributed by atoms with Crippen LogP contribution in [0.3, 0.4) is 0 Å². The van der Waals surface area contributed by atoms with E-state index in [4.69, 9.17) is 4.74 Å². The Kier molecular flexibility index (Phi) is 6.33. The monoisotopic (exact) mass is 404 g/mol. The number of sulfonamides is 1. The number of hydrogen-bond donors (Lipinski definition) is 2. The van der Waals surface area contributed by atoms with Gasteiger partial charge in [0.05, 0.1) is 38.2 Å². The fourth-order valence-corrected chi connectivity index (χ4v) is 4.76. The molecule has 2 N–H and O–H groups in total. The van der Waals surface area contributed by atoms with Crippen molar-refractivity contribution in [3.63, 3.8) is 0 Å². The fourth-order valence-electron chi connectivity index (χ4n) is 3.30. The van der Waals surface area contributed by atoms with E-state index in [-0.39, 0.29) is 11.9 Å². The van der Waals surface area contributed by atoms with Gasteiger partial charge in [-0.15, -0.1) is 0 Å². The molecule has 2 aromatic rings. The molecule has 3 rings (SSSR count). The van der Waals surface area contributed by atoms with Gasteiger partial charge in [-0.25, -0.2) is 8.42 Å². The number of nitrogens with one attached hydrogen (secondary N) is 2. The normalized spacial score (nSPS) is 17.1. The van der Waals surface area contributed by atoms with Gasteiger partial charge in [0.25, 0.3) is 5.91 Å². The van der Waals surface area contributed by atoms with Gasteiger partial charge in [0.2, 0.25) is 10.0 Å². The summed E-state index contributed by atoms with van der Waals surface area (Å²) < 4.78 is 32.1. The largest absolute Gasteiger partial charge is 0.497 e. The van der Waals surface area contributed by atoms with Gasteiger partial charge in [-0.2, -0.15) is 4.31 Å². The van der Waals surface area contributed by atoms with Crippen LogP contribution in [-0.4, -0.2) is 58.0 Å². The second-order valence-electron chi connectivity index (χ2n) is 6.81. The van der Waals surface area contributed by atoms with Gasteiger partial charge in [-0.05, 0) is 43.3 Å². The van der Waals surface area contributed by atoms with E-state index in [0.717, 1.165) is 10.6 Å². The number of ether oxygens (including phenoxy) is 1. The fraction of sp³-hybridized carbons (Fsp3) is 0.350. The maximum atomic E-state index is 12.7. The van der Waals surface area contributed by atoms with E-state index in [1.54, 1.807) is 61.7 Å². The first-order chi connectivity index (χ1) is 13.4. The van der Waals surface area contributed by atoms with Crippen molar-refractivity contribution in [2.24, 2.45) is 0 Å². The molecule has 0 saturated carbocycles. The first kappa shape index (κ1) is 20.3. The van der Waals surface area contributed by atoms with Crippen molar-refractivity contribution < 1.29 is 22.8 Å². The number of quaternary nitrogens is 1. The number of hydrogen-bond acceptors (Lipinski definition) is 4. The molecule has 2 aromatic carbocycles. The molecular weight excluding hydrogens is 378 g/mol. The molecule has 1 amide bonds. The third-order valence-corrected chi connectivity index (χ3v) is 7.02. The third kappa shape index (κ3) is 4.52. The lowest BCUT2D eigenvalue weighted by atomic mass is 10.2. The Bertz CT molecular complexity index is 893. The third-order valence-electron chi connectivity index (χ3n) is 5.11. The van der Waals surface area contributed by atoms with Crippen molar-refractivity contribution in [2.45, 2.75) is 17.9 Å². The zero-order valence-electron chi connectivity index (χ0n) is 16.1. The quantitative estimate of drug-likeness (QED) is 0.740. The highest BCUT2D eigenvalue weighted by atomic mass is 32.2. The van der Waals surface area contributed by atoms with Crippen LogP contribution in [0.1, 0.15) is 6.92 Å². The summed E-state index contributed by atoms with van der Waals surface area (Å²) >= 11 is 0. The zero-order valence-corrected chi connectivity index (χ0v) is 16.9. The number of anilines is 1. The summed E-state index contributed by atoms with van der Waals surface area (Å²) in [4.78, 5) is 14.0. The second kappa shape index (κ2) is 8.72. The Morgan fingerprint density at radius 2 is 1.68 bits per heavy atom. The maximum Gasteiger partial charge on any atom is 0.282 e. The molecule has 0 spiro atoms. The molecule has 0 aliphatic carbocycles. The van der Waals surface area contributed by atoms with Crippen molar-refractivity contribution in [3.05, 3.63) is 54.6 Å². The minimum absolute atomic E-state index is 0.0838. The Hall–Kier alpha value is -2.42. The van der Waals surface area contributed by atoms with Crippen LogP contribution in [0.5, 0.6) is 5.75 Å². The van der Waals surface area contributed by atoms with Gasteiger partial charge in [0.15, 0.2) is 6.04 Å². The van der Waals surface area contributed by atoms with Crippen LogP contribution in [-0.2, 0) is 14.8 Å². The molecule has 0 aromatic heterocycles. The van der Waals surface area contributed by atoms with E-state index in [0.29, 0.717) is 36.8 Å². The van der Waals surface area contributed by atoms with Crippen molar-refractivity contribution in [1.82, 2.24) is 4.31 Å². The zero-order chi connectivity index (χ0) is 20.1. The van der Waals surface area contributed by atoms with E-state index in [1.807, 2.05) is 6.92 Å². The number of nitrogens with zero attached hydrogens (tertiary/aromatic N) is 1. The van der Waals surface area contributed by atoms with Crippen LogP contribution in [0, 0.1) is 0 Å². The molecule has 0 bridgehead atoms. The molecule has 1 aliphatic rings. The highest BCUT2D eigenvalue weighted by Crippen LogP contribution is 2.16. The predicted octanol–water partition coefficient (Wildman–Crippen LogP) is 0.612. The highest BCUT2D eigenvalue weighted by molar-refractivity contribution is 7.89. The van der Waals surface area contributed by atoms with Crippen molar-refractivity contribution in [2.75, 3.05) is 38.6 Å².